The van der Waals surface area contributed by atoms with Gasteiger partial charge in [-0.1, -0.05) is 10.2 Å². The van der Waals surface area contributed by atoms with Crippen molar-refractivity contribution in [3.63, 3.8) is 0 Å². The number of halogens is 1. The second kappa shape index (κ2) is 7.55. The van der Waals surface area contributed by atoms with Crippen LogP contribution in [0.15, 0.2) is 53.6 Å². The van der Waals surface area contributed by atoms with E-state index in [0.29, 0.717) is 5.12 Å². The number of hydrazine groups is 1. The van der Waals surface area contributed by atoms with Crippen LogP contribution in [0.2, 0.25) is 0 Å². The Morgan fingerprint density at radius 3 is 2.04 bits per heavy atom. The molecule has 0 bridgehead atoms. The number of methoxy groups -OCH3 is 2. The van der Waals surface area contributed by atoms with Crippen LogP contribution < -0.4 is 37.5 Å². The number of hydrogen-bond donors (Lipinski definition) is 2. The van der Waals surface area contributed by atoms with Crippen LogP contribution in [0.5, 0.6) is 11.5 Å². The summed E-state index contributed by atoms with van der Waals surface area (Å²) >= 11 is 0. The average molecular weight is 346 g/mol. The molecule has 0 aliphatic carbocycles. The van der Waals surface area contributed by atoms with Gasteiger partial charge >= 0.3 is 0 Å². The van der Waals surface area contributed by atoms with Crippen LogP contribution in [0.25, 0.3) is 0 Å². The fourth-order valence-corrected chi connectivity index (χ4v) is 2.24. The minimum absolute atomic E-state index is 0. The van der Waals surface area contributed by atoms with E-state index in [-0.39, 0.29) is 18.2 Å². The molecule has 2 aromatic rings. The maximum Gasteiger partial charge on any atom is 0.286 e. The van der Waals surface area contributed by atoms with Gasteiger partial charge in [-0.3, -0.25) is 0 Å². The molecule has 8 heteroatoms. The summed E-state index contributed by atoms with van der Waals surface area (Å²) in [5, 5.41) is 15.9. The zero-order chi connectivity index (χ0) is 16.2. The third kappa shape index (κ3) is 3.35. The highest BCUT2D eigenvalue weighted by molar-refractivity contribution is 5.97. The highest BCUT2D eigenvalue weighted by Gasteiger charge is 2.31. The van der Waals surface area contributed by atoms with Crippen molar-refractivity contribution in [3.05, 3.63) is 48.5 Å². The van der Waals surface area contributed by atoms with E-state index < -0.39 is 0 Å². The largest absolute Gasteiger partial charge is 1.00 e. The van der Waals surface area contributed by atoms with Crippen LogP contribution >= 0.6 is 0 Å². The van der Waals surface area contributed by atoms with Crippen molar-refractivity contribution in [2.24, 2.45) is 5.10 Å². The summed E-state index contributed by atoms with van der Waals surface area (Å²) in [5.41, 5.74) is 4.71. The second-order valence-electron chi connectivity index (χ2n) is 4.77. The van der Waals surface area contributed by atoms with Gasteiger partial charge in [-0.2, -0.15) is 5.26 Å². The van der Waals surface area contributed by atoms with Crippen LogP contribution in [-0.4, -0.2) is 20.1 Å². The molecule has 0 fully saturated rings. The Hall–Kier alpha value is -2.95. The van der Waals surface area contributed by atoms with Gasteiger partial charge in [0.2, 0.25) is 0 Å². The van der Waals surface area contributed by atoms with E-state index in [0.717, 1.165) is 22.9 Å². The van der Waals surface area contributed by atoms with Crippen LogP contribution in [0.4, 0.5) is 11.4 Å². The molecule has 2 aromatic carbocycles. The number of rotatable bonds is 4. The number of nitriles is 1. The molecule has 0 radical (unpaired) electrons. The summed E-state index contributed by atoms with van der Waals surface area (Å²) in [6.07, 6.45) is 0. The van der Waals surface area contributed by atoms with Gasteiger partial charge in [0.1, 0.15) is 23.3 Å². The Morgan fingerprint density at radius 1 is 1.00 bits per heavy atom. The average Bonchev–Trinajstić information content (AvgIpc) is 3.06. The molecule has 24 heavy (non-hydrogen) atoms. The molecule has 1 atom stereocenters. The Kier molecular flexibility index (Phi) is 5.47. The van der Waals surface area contributed by atoms with Crippen LogP contribution in [0.1, 0.15) is 0 Å². The highest BCUT2D eigenvalue weighted by atomic mass is 35.5. The SMILES string of the molecule is COc1ccc(N2NC(C#N)=N[NH+]2c2ccc(OC)cc2)cc1.[Cl-]. The molecule has 1 aliphatic heterocycles. The molecule has 1 heterocycles. The zero-order valence-electron chi connectivity index (χ0n) is 13.2. The molecular formula is C16H16ClN5O2. The Bertz CT molecular complexity index is 756. The van der Waals surface area contributed by atoms with E-state index in [2.05, 4.69) is 10.5 Å². The molecule has 1 aliphatic rings. The summed E-state index contributed by atoms with van der Waals surface area (Å²) in [7, 11) is 3.24. The standard InChI is InChI=1S/C16H15N5O2.ClH/c1-22-14-7-3-12(4-8-14)20-18-16(11-17)19-21(20)13-5-9-15(23-2)10-6-13;/h3-10H,1-2H3,(H,18,19);1H. The first-order valence-electron chi connectivity index (χ1n) is 6.96. The summed E-state index contributed by atoms with van der Waals surface area (Å²) in [5.74, 6) is 1.77. The molecule has 2 N–H and O–H groups in total. The number of benzene rings is 2. The first kappa shape index (κ1) is 17.4. The number of anilines is 1. The molecule has 0 aromatic heterocycles. The third-order valence-corrected chi connectivity index (χ3v) is 3.43. The van der Waals surface area contributed by atoms with Gasteiger partial charge in [-0.05, 0) is 41.5 Å². The minimum atomic E-state index is 0. The summed E-state index contributed by atoms with van der Waals surface area (Å²) in [6.45, 7) is 0. The number of quaternary nitrogens is 1. The van der Waals surface area contributed by atoms with E-state index in [4.69, 9.17) is 14.7 Å². The lowest BCUT2D eigenvalue weighted by molar-refractivity contribution is -0.846. The maximum atomic E-state index is 9.14. The Balaban J connectivity index is 0.00000208. The predicted octanol–water partition coefficient (Wildman–Crippen LogP) is -2.00. The van der Waals surface area contributed by atoms with Gasteiger partial charge in [-0.25, -0.2) is 5.43 Å². The van der Waals surface area contributed by atoms with E-state index in [1.54, 1.807) is 19.3 Å². The molecule has 3 rings (SSSR count). The molecule has 0 amide bonds. The van der Waals surface area contributed by atoms with Crippen LogP contribution in [0, 0.1) is 11.3 Å². The smallest absolute Gasteiger partial charge is 0.286 e. The fourth-order valence-electron chi connectivity index (χ4n) is 2.24. The number of nitrogens with one attached hydrogen (secondary N) is 2. The topological polar surface area (TPSA) is 74.3 Å². The third-order valence-electron chi connectivity index (χ3n) is 3.43. The van der Waals surface area contributed by atoms with Crippen molar-refractivity contribution in [3.8, 4) is 17.6 Å². The van der Waals surface area contributed by atoms with Crippen molar-refractivity contribution in [2.75, 3.05) is 19.3 Å². The van der Waals surface area contributed by atoms with Crippen molar-refractivity contribution >= 4 is 17.2 Å². The second-order valence-corrected chi connectivity index (χ2v) is 4.77. The van der Waals surface area contributed by atoms with Crippen molar-refractivity contribution in [1.29, 1.82) is 5.26 Å². The molecule has 0 saturated carbocycles. The molecule has 124 valence electrons. The van der Waals surface area contributed by atoms with Gasteiger partial charge in [0.05, 0.1) is 14.2 Å². The number of amidine groups is 1. The highest BCUT2D eigenvalue weighted by Crippen LogP contribution is 2.18. The van der Waals surface area contributed by atoms with Crippen LogP contribution in [-0.2, 0) is 0 Å². The van der Waals surface area contributed by atoms with E-state index in [1.165, 1.54) is 0 Å². The van der Waals surface area contributed by atoms with Gasteiger partial charge in [-0.15, -0.1) is 0 Å². The first-order chi connectivity index (χ1) is 11.2. The van der Waals surface area contributed by atoms with E-state index >= 15 is 0 Å². The predicted molar refractivity (Wildman–Crippen MR) is 85.3 cm³/mol. The zero-order valence-corrected chi connectivity index (χ0v) is 13.9. The van der Waals surface area contributed by atoms with E-state index in [9.17, 15) is 0 Å². The van der Waals surface area contributed by atoms with Crippen LogP contribution in [0.3, 0.4) is 0 Å². The fraction of sp³-hybridized carbons (Fsp3) is 0.125. The molecular weight excluding hydrogens is 330 g/mol. The Labute approximate surface area is 146 Å². The van der Waals surface area contributed by atoms with Gasteiger partial charge < -0.3 is 21.9 Å². The normalized spacial score (nSPS) is 15.6. The minimum Gasteiger partial charge on any atom is -1.00 e. The summed E-state index contributed by atoms with van der Waals surface area (Å²) < 4.78 is 10.3. The monoisotopic (exact) mass is 345 g/mol. The number of hydrogen-bond acceptors (Lipinski definition) is 6. The lowest BCUT2D eigenvalue weighted by Gasteiger charge is -2.21. The first-order valence-corrected chi connectivity index (χ1v) is 6.96. The number of nitrogens with zero attached hydrogens (tertiary/aromatic N) is 3. The van der Waals surface area contributed by atoms with Crippen molar-refractivity contribution < 1.29 is 27.0 Å². The molecule has 1 unspecified atom stereocenters. The lowest BCUT2D eigenvalue weighted by Crippen LogP contribution is -3.10. The maximum absolute atomic E-state index is 9.14. The molecule has 7 nitrogen and oxygen atoms in total. The van der Waals surface area contributed by atoms with Gasteiger partial charge in [0, 0.05) is 12.1 Å². The Morgan fingerprint density at radius 2 is 1.54 bits per heavy atom. The quantitative estimate of drug-likeness (QED) is 0.670. The number of ether oxygens (including phenoxy) is 2. The molecule has 0 saturated heterocycles. The van der Waals surface area contributed by atoms with Crippen molar-refractivity contribution in [1.82, 2.24) is 5.43 Å². The van der Waals surface area contributed by atoms with Gasteiger partial charge in [0.25, 0.3) is 5.84 Å². The van der Waals surface area contributed by atoms with Gasteiger partial charge in [0.15, 0.2) is 5.69 Å². The lowest BCUT2D eigenvalue weighted by atomic mass is 10.3. The summed E-state index contributed by atoms with van der Waals surface area (Å²) in [4.78, 5) is 0. The summed E-state index contributed by atoms with van der Waals surface area (Å²) in [6, 6.07) is 17.0. The van der Waals surface area contributed by atoms with Crippen molar-refractivity contribution in [2.45, 2.75) is 0 Å². The van der Waals surface area contributed by atoms with E-state index in [1.807, 2.05) is 54.6 Å². The molecule has 0 spiro atoms.